The second kappa shape index (κ2) is 8.89. The number of methoxy groups -OCH3 is 1. The Hall–Kier alpha value is -2.86. The van der Waals surface area contributed by atoms with Crippen LogP contribution in [0.15, 0.2) is 53.1 Å². The second-order valence-corrected chi connectivity index (χ2v) is 6.91. The van der Waals surface area contributed by atoms with E-state index in [2.05, 4.69) is 15.5 Å². The maximum Gasteiger partial charge on any atom is 0.253 e. The predicted molar refractivity (Wildman–Crippen MR) is 107 cm³/mol. The number of aromatic nitrogens is 2. The SMILES string of the molecule is CC[C@@H](C)[C@H](NC(=O)c1ccccc1Cl)c1nc(-c2ccc(OC)cc2)no1. The van der Waals surface area contributed by atoms with E-state index in [4.69, 9.17) is 20.9 Å². The van der Waals surface area contributed by atoms with Gasteiger partial charge in [0.25, 0.3) is 5.91 Å². The van der Waals surface area contributed by atoms with Gasteiger partial charge in [0.05, 0.1) is 17.7 Å². The number of hydrogen-bond acceptors (Lipinski definition) is 5. The standard InChI is InChI=1S/C21H22ClN3O3/c1-4-13(2)18(23-20(26)16-7-5-6-8-17(16)22)21-24-19(25-28-21)14-9-11-15(27-3)12-10-14/h5-13,18H,4H2,1-3H3,(H,23,26)/t13-,18+/m1/s1. The predicted octanol–water partition coefficient (Wildman–Crippen LogP) is 4.92. The van der Waals surface area contributed by atoms with Gasteiger partial charge in [0.2, 0.25) is 11.7 Å². The molecule has 28 heavy (non-hydrogen) atoms. The molecule has 0 unspecified atom stereocenters. The van der Waals surface area contributed by atoms with Crippen molar-refractivity contribution in [3.05, 3.63) is 65.0 Å². The third-order valence-electron chi connectivity index (χ3n) is 4.67. The molecule has 1 amide bonds. The lowest BCUT2D eigenvalue weighted by Crippen LogP contribution is -2.33. The minimum atomic E-state index is -0.423. The zero-order valence-electron chi connectivity index (χ0n) is 16.0. The van der Waals surface area contributed by atoms with E-state index in [1.165, 1.54) is 0 Å². The van der Waals surface area contributed by atoms with Gasteiger partial charge in [0.15, 0.2) is 0 Å². The molecule has 6 nitrogen and oxygen atoms in total. The van der Waals surface area contributed by atoms with Crippen molar-refractivity contribution in [3.8, 4) is 17.1 Å². The van der Waals surface area contributed by atoms with E-state index in [9.17, 15) is 4.79 Å². The van der Waals surface area contributed by atoms with Crippen molar-refractivity contribution in [2.24, 2.45) is 5.92 Å². The fourth-order valence-corrected chi connectivity index (χ4v) is 2.99. The fourth-order valence-electron chi connectivity index (χ4n) is 2.77. The molecular weight excluding hydrogens is 378 g/mol. The van der Waals surface area contributed by atoms with Gasteiger partial charge in [-0.05, 0) is 42.3 Å². The number of carbonyl (C=O) groups is 1. The molecule has 1 N–H and O–H groups in total. The summed E-state index contributed by atoms with van der Waals surface area (Å²) in [5.74, 6) is 1.38. The first kappa shape index (κ1) is 19.9. The minimum absolute atomic E-state index is 0.0932. The van der Waals surface area contributed by atoms with E-state index in [0.717, 1.165) is 17.7 Å². The molecule has 2 atom stereocenters. The van der Waals surface area contributed by atoms with Crippen molar-refractivity contribution < 1.29 is 14.1 Å². The number of ether oxygens (including phenoxy) is 1. The molecule has 3 rings (SSSR count). The monoisotopic (exact) mass is 399 g/mol. The zero-order valence-corrected chi connectivity index (χ0v) is 16.7. The van der Waals surface area contributed by atoms with Crippen LogP contribution < -0.4 is 10.1 Å². The van der Waals surface area contributed by atoms with Gasteiger partial charge in [-0.1, -0.05) is 49.2 Å². The lowest BCUT2D eigenvalue weighted by atomic mass is 9.98. The van der Waals surface area contributed by atoms with Crippen molar-refractivity contribution in [2.45, 2.75) is 26.3 Å². The summed E-state index contributed by atoms with van der Waals surface area (Å²) in [5, 5.41) is 7.45. The Morgan fingerprint density at radius 3 is 2.57 bits per heavy atom. The lowest BCUT2D eigenvalue weighted by Gasteiger charge is -2.21. The average Bonchev–Trinajstić information content (AvgIpc) is 3.21. The van der Waals surface area contributed by atoms with Crippen molar-refractivity contribution >= 4 is 17.5 Å². The van der Waals surface area contributed by atoms with Crippen LogP contribution in [-0.2, 0) is 0 Å². The van der Waals surface area contributed by atoms with Crippen LogP contribution in [0, 0.1) is 5.92 Å². The van der Waals surface area contributed by atoms with Gasteiger partial charge in [0, 0.05) is 5.56 Å². The molecule has 1 heterocycles. The van der Waals surface area contributed by atoms with Crippen LogP contribution in [0.25, 0.3) is 11.4 Å². The highest BCUT2D eigenvalue weighted by atomic mass is 35.5. The Labute approximate surface area is 168 Å². The molecule has 3 aromatic rings. The van der Waals surface area contributed by atoms with Gasteiger partial charge in [-0.3, -0.25) is 4.79 Å². The summed E-state index contributed by atoms with van der Waals surface area (Å²) in [6, 6.07) is 13.9. The molecule has 0 aliphatic rings. The number of halogens is 1. The van der Waals surface area contributed by atoms with Crippen LogP contribution in [0.5, 0.6) is 5.75 Å². The Balaban J connectivity index is 1.85. The smallest absolute Gasteiger partial charge is 0.253 e. The summed E-state index contributed by atoms with van der Waals surface area (Å²) >= 11 is 6.15. The Morgan fingerprint density at radius 2 is 1.93 bits per heavy atom. The quantitative estimate of drug-likeness (QED) is 0.610. The highest BCUT2D eigenvalue weighted by molar-refractivity contribution is 6.33. The van der Waals surface area contributed by atoms with E-state index in [1.54, 1.807) is 31.4 Å². The summed E-state index contributed by atoms with van der Waals surface area (Å²) in [6.07, 6.45) is 0.827. The highest BCUT2D eigenvalue weighted by Crippen LogP contribution is 2.27. The number of hydrogen-bond donors (Lipinski definition) is 1. The number of nitrogens with one attached hydrogen (secondary N) is 1. The van der Waals surface area contributed by atoms with Gasteiger partial charge in [-0.2, -0.15) is 4.98 Å². The topological polar surface area (TPSA) is 77.2 Å². The van der Waals surface area contributed by atoms with Gasteiger partial charge in [-0.25, -0.2) is 0 Å². The molecule has 0 aliphatic carbocycles. The molecule has 0 saturated heterocycles. The van der Waals surface area contributed by atoms with Crippen LogP contribution in [-0.4, -0.2) is 23.2 Å². The molecule has 146 valence electrons. The summed E-state index contributed by atoms with van der Waals surface area (Å²) in [4.78, 5) is 17.2. The highest BCUT2D eigenvalue weighted by Gasteiger charge is 2.27. The third-order valence-corrected chi connectivity index (χ3v) is 5.00. The van der Waals surface area contributed by atoms with Crippen LogP contribution in [0.2, 0.25) is 5.02 Å². The van der Waals surface area contributed by atoms with Crippen LogP contribution in [0.4, 0.5) is 0 Å². The molecule has 0 fully saturated rings. The van der Waals surface area contributed by atoms with Gasteiger partial charge in [-0.15, -0.1) is 0 Å². The van der Waals surface area contributed by atoms with E-state index >= 15 is 0 Å². The summed E-state index contributed by atoms with van der Waals surface area (Å²) < 4.78 is 10.7. The normalized spacial score (nSPS) is 13.0. The molecule has 0 saturated carbocycles. The molecule has 2 aromatic carbocycles. The summed E-state index contributed by atoms with van der Waals surface area (Å²) in [5.41, 5.74) is 1.21. The largest absolute Gasteiger partial charge is 0.497 e. The van der Waals surface area contributed by atoms with Crippen LogP contribution in [0.3, 0.4) is 0 Å². The first-order valence-corrected chi connectivity index (χ1v) is 9.44. The van der Waals surface area contributed by atoms with Crippen molar-refractivity contribution in [3.63, 3.8) is 0 Å². The molecular formula is C21H22ClN3O3. The molecule has 1 aromatic heterocycles. The molecule has 0 spiro atoms. The molecule has 7 heteroatoms. The summed E-state index contributed by atoms with van der Waals surface area (Å²) in [6.45, 7) is 4.06. The van der Waals surface area contributed by atoms with E-state index in [1.807, 2.05) is 38.1 Å². The number of carbonyl (C=O) groups excluding carboxylic acids is 1. The van der Waals surface area contributed by atoms with Crippen LogP contribution >= 0.6 is 11.6 Å². The molecule has 0 bridgehead atoms. The minimum Gasteiger partial charge on any atom is -0.497 e. The number of nitrogens with zero attached hydrogens (tertiary/aromatic N) is 2. The Bertz CT molecular complexity index is 940. The third kappa shape index (κ3) is 4.34. The summed E-state index contributed by atoms with van der Waals surface area (Å²) in [7, 11) is 1.61. The van der Waals surface area contributed by atoms with Crippen molar-refractivity contribution in [2.75, 3.05) is 7.11 Å². The van der Waals surface area contributed by atoms with Crippen molar-refractivity contribution in [1.82, 2.24) is 15.5 Å². The average molecular weight is 400 g/mol. The number of benzene rings is 2. The maximum atomic E-state index is 12.7. The Morgan fingerprint density at radius 1 is 1.21 bits per heavy atom. The first-order valence-electron chi connectivity index (χ1n) is 9.07. The van der Waals surface area contributed by atoms with Gasteiger partial charge < -0.3 is 14.6 Å². The van der Waals surface area contributed by atoms with E-state index in [-0.39, 0.29) is 11.8 Å². The Kier molecular flexibility index (Phi) is 6.31. The molecule has 0 aliphatic heterocycles. The number of amides is 1. The van der Waals surface area contributed by atoms with E-state index in [0.29, 0.717) is 22.3 Å². The van der Waals surface area contributed by atoms with Crippen LogP contribution in [0.1, 0.15) is 42.6 Å². The lowest BCUT2D eigenvalue weighted by molar-refractivity contribution is 0.0910. The zero-order chi connectivity index (χ0) is 20.1. The number of rotatable bonds is 7. The molecule has 0 radical (unpaired) electrons. The van der Waals surface area contributed by atoms with Gasteiger partial charge in [0.1, 0.15) is 11.8 Å². The van der Waals surface area contributed by atoms with Crippen molar-refractivity contribution in [1.29, 1.82) is 0 Å². The first-order chi connectivity index (χ1) is 13.5. The maximum absolute atomic E-state index is 12.7. The van der Waals surface area contributed by atoms with Gasteiger partial charge >= 0.3 is 0 Å². The fraction of sp³-hybridized carbons (Fsp3) is 0.286. The second-order valence-electron chi connectivity index (χ2n) is 6.50. The van der Waals surface area contributed by atoms with E-state index < -0.39 is 6.04 Å².